The van der Waals surface area contributed by atoms with Crippen LogP contribution in [0.5, 0.6) is 0 Å². The molecule has 174 valence electrons. The largest absolute Gasteiger partial charge is 0.374 e. The number of likely N-dealkylation sites (tertiary alicyclic amines) is 1. The molecule has 1 heterocycles. The lowest BCUT2D eigenvalue weighted by atomic mass is 9.47. The Kier molecular flexibility index (Phi) is 5.22. The number of amides is 1. The molecule has 5 fully saturated rings. The molecule has 4 saturated carbocycles. The SMILES string of the molecule is CN1C(=O)CC(Sc2ccccc2)C2(C)C3CC[C@@]4(C)[C@@H](OC5CC5)CC[C@H]4C3CC[C@@H]12. The van der Waals surface area contributed by atoms with Gasteiger partial charge in [0.2, 0.25) is 5.91 Å². The molecular weight excluding hydrogens is 414 g/mol. The van der Waals surface area contributed by atoms with E-state index in [0.717, 1.165) is 17.8 Å². The molecule has 1 saturated heterocycles. The van der Waals surface area contributed by atoms with Gasteiger partial charge in [-0.2, -0.15) is 0 Å². The number of carbonyl (C=O) groups excluding carboxylic acids is 1. The van der Waals surface area contributed by atoms with Crippen LogP contribution >= 0.6 is 11.8 Å². The van der Waals surface area contributed by atoms with Crippen molar-refractivity contribution in [1.82, 2.24) is 4.90 Å². The van der Waals surface area contributed by atoms with Crippen molar-refractivity contribution in [2.45, 2.75) is 100 Å². The maximum atomic E-state index is 13.0. The molecule has 4 heteroatoms. The molecule has 4 aliphatic carbocycles. The normalized spacial score (nSPS) is 45.8. The van der Waals surface area contributed by atoms with Crippen molar-refractivity contribution in [1.29, 1.82) is 0 Å². The van der Waals surface area contributed by atoms with Gasteiger partial charge in [0.1, 0.15) is 0 Å². The van der Waals surface area contributed by atoms with Gasteiger partial charge in [-0.3, -0.25) is 4.79 Å². The van der Waals surface area contributed by atoms with Crippen LogP contribution in [-0.4, -0.2) is 41.4 Å². The van der Waals surface area contributed by atoms with Gasteiger partial charge in [0, 0.05) is 35.1 Å². The number of hydrogen-bond donors (Lipinski definition) is 0. The summed E-state index contributed by atoms with van der Waals surface area (Å²) in [4.78, 5) is 16.5. The number of piperidine rings is 1. The van der Waals surface area contributed by atoms with Gasteiger partial charge >= 0.3 is 0 Å². The number of nitrogens with zero attached hydrogens (tertiary/aromatic N) is 1. The molecule has 3 nitrogen and oxygen atoms in total. The van der Waals surface area contributed by atoms with Crippen molar-refractivity contribution in [2.24, 2.45) is 28.6 Å². The fraction of sp³-hybridized carbons (Fsp3) is 0.750. The molecule has 1 aromatic carbocycles. The zero-order valence-electron chi connectivity index (χ0n) is 20.0. The van der Waals surface area contributed by atoms with Crippen LogP contribution in [0, 0.1) is 28.6 Å². The highest BCUT2D eigenvalue weighted by atomic mass is 32.2. The predicted molar refractivity (Wildman–Crippen MR) is 130 cm³/mol. The summed E-state index contributed by atoms with van der Waals surface area (Å²) in [6.07, 6.45) is 12.0. The second-order valence-corrected chi connectivity index (χ2v) is 13.2. The van der Waals surface area contributed by atoms with E-state index in [-0.39, 0.29) is 5.41 Å². The molecule has 0 radical (unpaired) electrons. The molecule has 1 aliphatic heterocycles. The number of fused-ring (bicyclic) bond motifs is 5. The zero-order valence-corrected chi connectivity index (χ0v) is 20.8. The molecule has 8 atom stereocenters. The second kappa shape index (κ2) is 7.77. The average molecular weight is 454 g/mol. The van der Waals surface area contributed by atoms with Crippen molar-refractivity contribution in [3.8, 4) is 0 Å². The Hall–Kier alpha value is -1.00. The van der Waals surface area contributed by atoms with Crippen molar-refractivity contribution in [3.63, 3.8) is 0 Å². The molecule has 0 aromatic heterocycles. The minimum Gasteiger partial charge on any atom is -0.374 e. The maximum absolute atomic E-state index is 13.0. The molecule has 0 bridgehead atoms. The van der Waals surface area contributed by atoms with E-state index in [1.165, 1.54) is 56.3 Å². The van der Waals surface area contributed by atoms with E-state index in [1.54, 1.807) is 0 Å². The Bertz CT molecular complexity index is 871. The molecule has 4 unspecified atom stereocenters. The highest BCUT2D eigenvalue weighted by molar-refractivity contribution is 8.00. The minimum absolute atomic E-state index is 0.183. The van der Waals surface area contributed by atoms with E-state index in [2.05, 4.69) is 56.1 Å². The molecule has 0 spiro atoms. The Morgan fingerprint density at radius 2 is 1.75 bits per heavy atom. The van der Waals surface area contributed by atoms with Gasteiger partial charge in [-0.1, -0.05) is 32.0 Å². The number of carbonyl (C=O) groups is 1. The number of benzene rings is 1. The van der Waals surface area contributed by atoms with Crippen LogP contribution < -0.4 is 0 Å². The van der Waals surface area contributed by atoms with Crippen LogP contribution in [0.4, 0.5) is 0 Å². The van der Waals surface area contributed by atoms with E-state index >= 15 is 0 Å². The van der Waals surface area contributed by atoms with Gasteiger partial charge in [0.05, 0.1) is 12.2 Å². The minimum atomic E-state index is 0.183. The Morgan fingerprint density at radius 1 is 0.969 bits per heavy atom. The van der Waals surface area contributed by atoms with Gasteiger partial charge in [-0.25, -0.2) is 0 Å². The summed E-state index contributed by atoms with van der Waals surface area (Å²) in [5.74, 6) is 2.66. The lowest BCUT2D eigenvalue weighted by Gasteiger charge is -2.63. The molecule has 1 amide bonds. The monoisotopic (exact) mass is 453 g/mol. The zero-order chi connectivity index (χ0) is 22.1. The van der Waals surface area contributed by atoms with Crippen LogP contribution in [0.2, 0.25) is 0 Å². The quantitative estimate of drug-likeness (QED) is 0.546. The third-order valence-electron chi connectivity index (χ3n) is 10.5. The Labute approximate surface area is 198 Å². The third-order valence-corrected chi connectivity index (χ3v) is 12.0. The van der Waals surface area contributed by atoms with Crippen LogP contribution in [0.15, 0.2) is 35.2 Å². The molecule has 0 N–H and O–H groups in total. The fourth-order valence-corrected chi connectivity index (χ4v) is 10.0. The first-order valence-electron chi connectivity index (χ1n) is 13.0. The Balaban J connectivity index is 1.31. The standard InChI is InChI=1S/C28H39NO2S/c1-27-16-15-22-20(21(27)12-14-24(27)31-18-9-10-18)11-13-23-28(22,2)25(17-26(30)29(23)3)32-19-7-5-4-6-8-19/h4-8,18,20-25H,9-17H2,1-3H3/t20?,21-,22?,23+,24-,25?,27+,28?/m0/s1. The molecular formula is C28H39NO2S. The van der Waals surface area contributed by atoms with Gasteiger partial charge in [0.25, 0.3) is 0 Å². The summed E-state index contributed by atoms with van der Waals surface area (Å²) < 4.78 is 6.58. The second-order valence-electron chi connectivity index (χ2n) is 11.9. The van der Waals surface area contributed by atoms with Gasteiger partial charge in [0.15, 0.2) is 0 Å². The van der Waals surface area contributed by atoms with E-state index in [0.29, 0.717) is 41.2 Å². The Morgan fingerprint density at radius 3 is 2.50 bits per heavy atom. The van der Waals surface area contributed by atoms with E-state index in [9.17, 15) is 4.79 Å². The average Bonchev–Trinajstić information content (AvgIpc) is 3.54. The molecule has 32 heavy (non-hydrogen) atoms. The molecule has 1 aromatic rings. The third kappa shape index (κ3) is 3.22. The van der Waals surface area contributed by atoms with Gasteiger partial charge < -0.3 is 9.64 Å². The van der Waals surface area contributed by atoms with E-state index < -0.39 is 0 Å². The summed E-state index contributed by atoms with van der Waals surface area (Å²) in [7, 11) is 2.08. The predicted octanol–water partition coefficient (Wildman–Crippen LogP) is 6.17. The van der Waals surface area contributed by atoms with E-state index in [1.807, 2.05) is 11.8 Å². The topological polar surface area (TPSA) is 29.5 Å². The van der Waals surface area contributed by atoms with Crippen molar-refractivity contribution in [2.75, 3.05) is 7.05 Å². The number of ether oxygens (including phenoxy) is 1. The highest BCUT2D eigenvalue weighted by Crippen LogP contribution is 2.66. The number of hydrogen-bond acceptors (Lipinski definition) is 3. The van der Waals surface area contributed by atoms with Crippen molar-refractivity contribution in [3.05, 3.63) is 30.3 Å². The van der Waals surface area contributed by atoms with Crippen LogP contribution in [0.25, 0.3) is 0 Å². The lowest BCUT2D eigenvalue weighted by Crippen LogP contribution is -2.65. The van der Waals surface area contributed by atoms with Crippen molar-refractivity contribution >= 4 is 17.7 Å². The lowest BCUT2D eigenvalue weighted by molar-refractivity contribution is -0.160. The maximum Gasteiger partial charge on any atom is 0.223 e. The summed E-state index contributed by atoms with van der Waals surface area (Å²) in [6.45, 7) is 5.13. The van der Waals surface area contributed by atoms with Gasteiger partial charge in [-0.05, 0) is 86.7 Å². The summed E-state index contributed by atoms with van der Waals surface area (Å²) in [5, 5.41) is 0.371. The summed E-state index contributed by atoms with van der Waals surface area (Å²) in [6, 6.07) is 11.2. The molecule has 6 rings (SSSR count). The van der Waals surface area contributed by atoms with Crippen LogP contribution in [-0.2, 0) is 9.53 Å². The smallest absolute Gasteiger partial charge is 0.223 e. The summed E-state index contributed by atoms with van der Waals surface area (Å²) >= 11 is 1.98. The fourth-order valence-electron chi connectivity index (χ4n) is 8.58. The van der Waals surface area contributed by atoms with Crippen molar-refractivity contribution < 1.29 is 9.53 Å². The first kappa shape index (κ1) is 21.5. The summed E-state index contributed by atoms with van der Waals surface area (Å²) in [5.41, 5.74) is 0.550. The van der Waals surface area contributed by atoms with Crippen LogP contribution in [0.1, 0.15) is 71.6 Å². The van der Waals surface area contributed by atoms with Crippen LogP contribution in [0.3, 0.4) is 0 Å². The first-order chi connectivity index (χ1) is 15.4. The molecule has 5 aliphatic rings. The highest BCUT2D eigenvalue weighted by Gasteiger charge is 2.64. The van der Waals surface area contributed by atoms with Gasteiger partial charge in [-0.15, -0.1) is 11.8 Å². The number of thioether (sulfide) groups is 1. The first-order valence-corrected chi connectivity index (χ1v) is 13.9. The number of rotatable bonds is 4. The van der Waals surface area contributed by atoms with E-state index in [4.69, 9.17) is 4.74 Å².